The van der Waals surface area contributed by atoms with E-state index < -0.39 is 0 Å². The van der Waals surface area contributed by atoms with Gasteiger partial charge in [-0.05, 0) is 111 Å². The summed E-state index contributed by atoms with van der Waals surface area (Å²) in [7, 11) is 0. The van der Waals surface area contributed by atoms with Crippen LogP contribution >= 0.6 is 0 Å². The lowest BCUT2D eigenvalue weighted by Crippen LogP contribution is -2.52. The molecule has 10 aromatic carbocycles. The van der Waals surface area contributed by atoms with Gasteiger partial charge in [0.1, 0.15) is 0 Å². The Morgan fingerprint density at radius 3 is 1.20 bits per heavy atom. The van der Waals surface area contributed by atoms with E-state index in [2.05, 4.69) is 170 Å². The molecule has 4 aliphatic heterocycles. The van der Waals surface area contributed by atoms with E-state index in [1.807, 2.05) is 0 Å². The van der Waals surface area contributed by atoms with Crippen molar-refractivity contribution in [3.63, 3.8) is 0 Å². The van der Waals surface area contributed by atoms with Gasteiger partial charge in [0.2, 0.25) is 13.4 Å². The number of rotatable bonds is 2. The fraction of sp³-hybridized carbons (Fsp3) is 0. The first-order chi connectivity index (χ1) is 26.8. The standard InChI is InChI=1S/C52H28B2/c1-3-13-29(14-4-1)37-25-39-35-21-11-19-33-32-18-8-10-24-44(32)54(51(33)35)46-28-42-38(30-15-5-2-6-16-30)27-45-48-40(26-41(37)49(47(39)46)50(42)48)36-22-12-20-34-31-17-7-9-23-43(31)53(45)52(34)36/h1-28H. The van der Waals surface area contributed by atoms with Crippen molar-refractivity contribution in [3.05, 3.63) is 170 Å². The minimum Gasteiger partial charge on any atom is -0.0664 e. The number of benzene rings is 10. The molecule has 0 radical (unpaired) electrons. The van der Waals surface area contributed by atoms with Gasteiger partial charge in [0, 0.05) is 0 Å². The molecule has 0 atom stereocenters. The highest BCUT2D eigenvalue weighted by molar-refractivity contribution is 7.03. The number of hydrogen-bond donors (Lipinski definition) is 0. The molecule has 0 bridgehead atoms. The summed E-state index contributed by atoms with van der Waals surface area (Å²) in [4.78, 5) is 0. The highest BCUT2D eigenvalue weighted by Crippen LogP contribution is 2.51. The second-order valence-electron chi connectivity index (χ2n) is 15.8. The van der Waals surface area contributed by atoms with Crippen LogP contribution in [0.15, 0.2) is 170 Å². The van der Waals surface area contributed by atoms with Gasteiger partial charge in [0.15, 0.2) is 0 Å². The van der Waals surface area contributed by atoms with Gasteiger partial charge in [0.05, 0.1) is 0 Å². The van der Waals surface area contributed by atoms with Crippen molar-refractivity contribution in [1.29, 1.82) is 0 Å². The lowest BCUT2D eigenvalue weighted by Gasteiger charge is -2.32. The monoisotopic (exact) mass is 674 g/mol. The van der Waals surface area contributed by atoms with Gasteiger partial charge < -0.3 is 0 Å². The average Bonchev–Trinajstić information content (AvgIpc) is 3.76. The van der Waals surface area contributed by atoms with E-state index in [9.17, 15) is 0 Å². The molecular formula is C52H28B2. The van der Waals surface area contributed by atoms with E-state index in [4.69, 9.17) is 0 Å². The first kappa shape index (κ1) is 27.9. The van der Waals surface area contributed by atoms with Crippen LogP contribution in [0.2, 0.25) is 0 Å². The topological polar surface area (TPSA) is 0 Å². The predicted molar refractivity (Wildman–Crippen MR) is 232 cm³/mol. The highest BCUT2D eigenvalue weighted by atomic mass is 14.3. The maximum Gasteiger partial charge on any atom is 0.244 e. The molecule has 0 saturated carbocycles. The molecule has 2 heteroatoms. The number of hydrogen-bond acceptors (Lipinski definition) is 0. The fourth-order valence-corrected chi connectivity index (χ4v) is 11.5. The zero-order valence-electron chi connectivity index (χ0n) is 29.3. The maximum atomic E-state index is 2.62. The van der Waals surface area contributed by atoms with Gasteiger partial charge in [0.25, 0.3) is 0 Å². The average molecular weight is 674 g/mol. The van der Waals surface area contributed by atoms with Crippen LogP contribution < -0.4 is 32.8 Å². The molecule has 14 rings (SSSR count). The van der Waals surface area contributed by atoms with Crippen molar-refractivity contribution in [2.75, 3.05) is 0 Å². The first-order valence-corrected chi connectivity index (χ1v) is 19.3. The molecule has 0 saturated heterocycles. The predicted octanol–water partition coefficient (Wildman–Crippen LogP) is 8.87. The van der Waals surface area contributed by atoms with Crippen molar-refractivity contribution >= 4 is 78.5 Å². The maximum absolute atomic E-state index is 2.62. The molecular weight excluding hydrogens is 646 g/mol. The summed E-state index contributed by atoms with van der Waals surface area (Å²) >= 11 is 0. The van der Waals surface area contributed by atoms with Crippen LogP contribution in [0.5, 0.6) is 0 Å². The van der Waals surface area contributed by atoms with Crippen molar-refractivity contribution in [2.24, 2.45) is 0 Å². The molecule has 242 valence electrons. The molecule has 0 spiro atoms. The smallest absolute Gasteiger partial charge is 0.0664 e. The zero-order chi connectivity index (χ0) is 34.8. The summed E-state index contributed by atoms with van der Waals surface area (Å²) in [5.41, 5.74) is 24.9. The fourth-order valence-electron chi connectivity index (χ4n) is 11.5. The summed E-state index contributed by atoms with van der Waals surface area (Å²) in [5, 5.41) is 8.41. The van der Waals surface area contributed by atoms with Crippen LogP contribution in [0.25, 0.3) is 99.1 Å². The van der Waals surface area contributed by atoms with E-state index in [0.717, 1.165) is 0 Å². The first-order valence-electron chi connectivity index (χ1n) is 19.3. The second kappa shape index (κ2) is 9.67. The SMILES string of the molecule is c1ccc(-c2cc3c4c(cc5c(-c6ccccc6)cc6c7c(cc2c4c57)B2c4ccccc4-c4cccc-6c42)-c2cccc4c2B3c2ccccc2-4)cc1. The third-order valence-corrected chi connectivity index (χ3v) is 13.4. The van der Waals surface area contributed by atoms with Gasteiger partial charge in [-0.3, -0.25) is 0 Å². The van der Waals surface area contributed by atoms with E-state index >= 15 is 0 Å². The Hall–Kier alpha value is -6.63. The van der Waals surface area contributed by atoms with Gasteiger partial charge in [-0.2, -0.15) is 0 Å². The van der Waals surface area contributed by atoms with Crippen LogP contribution in [-0.2, 0) is 0 Å². The summed E-state index contributed by atoms with van der Waals surface area (Å²) in [5.74, 6) is 0. The minimum atomic E-state index is 0.190. The Labute approximate surface area is 313 Å². The summed E-state index contributed by atoms with van der Waals surface area (Å²) in [6.07, 6.45) is 0. The van der Waals surface area contributed by atoms with Crippen molar-refractivity contribution in [2.45, 2.75) is 0 Å². The van der Waals surface area contributed by atoms with Gasteiger partial charge >= 0.3 is 0 Å². The van der Waals surface area contributed by atoms with E-state index in [0.29, 0.717) is 0 Å². The third-order valence-electron chi connectivity index (χ3n) is 13.4. The molecule has 4 heterocycles. The quantitative estimate of drug-likeness (QED) is 0.127. The van der Waals surface area contributed by atoms with Gasteiger partial charge in [-0.25, -0.2) is 0 Å². The lowest BCUT2D eigenvalue weighted by molar-refractivity contribution is 1.63. The second-order valence-corrected chi connectivity index (χ2v) is 15.8. The number of fused-ring (bicyclic) bond motifs is 10. The Morgan fingerprint density at radius 1 is 0.241 bits per heavy atom. The molecule has 10 aromatic rings. The molecule has 0 nitrogen and oxygen atoms in total. The van der Waals surface area contributed by atoms with Crippen molar-refractivity contribution in [1.82, 2.24) is 0 Å². The highest BCUT2D eigenvalue weighted by Gasteiger charge is 2.44. The van der Waals surface area contributed by atoms with Gasteiger partial charge in [-0.15, -0.1) is 0 Å². The Balaban J connectivity index is 1.26. The normalized spacial score (nSPS) is 13.5. The molecule has 0 N–H and O–H groups in total. The van der Waals surface area contributed by atoms with Crippen LogP contribution in [-0.4, -0.2) is 13.4 Å². The van der Waals surface area contributed by atoms with E-state index in [1.54, 1.807) is 0 Å². The Bertz CT molecular complexity index is 3320. The van der Waals surface area contributed by atoms with Crippen LogP contribution in [0.1, 0.15) is 0 Å². The van der Waals surface area contributed by atoms with E-state index in [-0.39, 0.29) is 13.4 Å². The Morgan fingerprint density at radius 2 is 0.648 bits per heavy atom. The molecule has 0 fully saturated rings. The van der Waals surface area contributed by atoms with E-state index in [1.165, 1.54) is 132 Å². The van der Waals surface area contributed by atoms with Crippen molar-refractivity contribution in [3.8, 4) is 66.8 Å². The summed E-state index contributed by atoms with van der Waals surface area (Å²) < 4.78 is 0. The molecule has 0 aliphatic carbocycles. The van der Waals surface area contributed by atoms with Crippen LogP contribution in [0, 0.1) is 0 Å². The third kappa shape index (κ3) is 3.19. The Kier molecular flexibility index (Phi) is 5.00. The molecule has 4 aliphatic rings. The van der Waals surface area contributed by atoms with Crippen LogP contribution in [0.4, 0.5) is 0 Å². The van der Waals surface area contributed by atoms with Gasteiger partial charge in [-0.1, -0.05) is 191 Å². The largest absolute Gasteiger partial charge is 0.244 e. The molecule has 54 heavy (non-hydrogen) atoms. The molecule has 0 aromatic heterocycles. The molecule has 0 amide bonds. The summed E-state index contributed by atoms with van der Waals surface area (Å²) in [6.45, 7) is 0.382. The van der Waals surface area contributed by atoms with Crippen molar-refractivity contribution < 1.29 is 0 Å². The lowest BCUT2D eigenvalue weighted by atomic mass is 9.34. The minimum absolute atomic E-state index is 0.190. The molecule has 0 unspecified atom stereocenters. The summed E-state index contributed by atoms with van der Waals surface area (Å²) in [6, 6.07) is 65.0. The zero-order valence-corrected chi connectivity index (χ0v) is 29.3. The van der Waals surface area contributed by atoms with Crippen LogP contribution in [0.3, 0.4) is 0 Å².